The van der Waals surface area contributed by atoms with E-state index in [-0.39, 0.29) is 35.3 Å². The van der Waals surface area contributed by atoms with Crippen LogP contribution < -0.4 is 4.74 Å². The highest BCUT2D eigenvalue weighted by Gasteiger charge is 2.19. The normalized spacial score (nSPS) is 11.4. The number of benzene rings is 2. The largest absolute Gasteiger partial charge is 0.496 e. The molecule has 0 unspecified atom stereocenters. The Morgan fingerprint density at radius 1 is 1.29 bits per heavy atom. The Labute approximate surface area is 202 Å². The summed E-state index contributed by atoms with van der Waals surface area (Å²) in [5.74, 6) is -0.0692. The Hall–Kier alpha value is -3.57. The van der Waals surface area contributed by atoms with Crippen LogP contribution in [0.3, 0.4) is 0 Å². The maximum atomic E-state index is 13.0. The number of fused-ring (bicyclic) bond motifs is 1. The maximum Gasteiger partial charge on any atom is 0.288 e. The van der Waals surface area contributed by atoms with Crippen LogP contribution in [0.1, 0.15) is 27.2 Å². The molecular formula is C23H18ClN3O6S. The molecule has 0 bridgehead atoms. The molecule has 2 aromatic heterocycles. The van der Waals surface area contributed by atoms with Crippen molar-refractivity contribution in [3.63, 3.8) is 0 Å². The van der Waals surface area contributed by atoms with Gasteiger partial charge < -0.3 is 14.9 Å². The van der Waals surface area contributed by atoms with E-state index in [0.717, 1.165) is 0 Å². The predicted molar refractivity (Wildman–Crippen MR) is 128 cm³/mol. The fourth-order valence-corrected chi connectivity index (χ4v) is 4.48. The molecule has 4 aromatic rings. The molecule has 9 nitrogen and oxygen atoms in total. The van der Waals surface area contributed by atoms with E-state index >= 15 is 0 Å². The number of nitrogens with zero attached hydrogens (tertiary/aromatic N) is 3. The van der Waals surface area contributed by atoms with Crippen LogP contribution in [0, 0.1) is 10.1 Å². The highest BCUT2D eigenvalue weighted by atomic mass is 35.5. The van der Waals surface area contributed by atoms with Gasteiger partial charge in [-0.15, -0.1) is 11.3 Å². The van der Waals surface area contributed by atoms with Gasteiger partial charge in [0.15, 0.2) is 10.7 Å². The second-order valence-corrected chi connectivity index (χ2v) is 8.43. The molecule has 174 valence electrons. The first-order valence-corrected chi connectivity index (χ1v) is 11.2. The monoisotopic (exact) mass is 499 g/mol. The number of aliphatic hydroxyl groups is 2. The van der Waals surface area contributed by atoms with Crippen molar-refractivity contribution in [1.82, 2.24) is 9.38 Å². The van der Waals surface area contributed by atoms with Gasteiger partial charge in [0.05, 0.1) is 36.6 Å². The third-order valence-corrected chi connectivity index (χ3v) is 6.32. The lowest BCUT2D eigenvalue weighted by Crippen LogP contribution is -2.04. The van der Waals surface area contributed by atoms with Crippen molar-refractivity contribution in [2.45, 2.75) is 13.2 Å². The van der Waals surface area contributed by atoms with Crippen LogP contribution in [0.4, 0.5) is 5.69 Å². The van der Waals surface area contributed by atoms with E-state index in [4.69, 9.17) is 16.3 Å². The molecule has 0 amide bonds. The van der Waals surface area contributed by atoms with E-state index in [1.54, 1.807) is 22.7 Å². The molecule has 0 aliphatic rings. The Morgan fingerprint density at radius 3 is 2.76 bits per heavy atom. The van der Waals surface area contributed by atoms with Crippen molar-refractivity contribution in [3.8, 4) is 17.0 Å². The molecule has 0 spiro atoms. The van der Waals surface area contributed by atoms with Crippen LogP contribution in [0.25, 0.3) is 22.3 Å². The molecular weight excluding hydrogens is 482 g/mol. The van der Waals surface area contributed by atoms with Crippen LogP contribution in [0.2, 0.25) is 5.02 Å². The van der Waals surface area contributed by atoms with Crippen LogP contribution >= 0.6 is 22.9 Å². The summed E-state index contributed by atoms with van der Waals surface area (Å²) in [4.78, 5) is 29.0. The van der Waals surface area contributed by atoms with Gasteiger partial charge in [-0.25, -0.2) is 4.98 Å². The van der Waals surface area contributed by atoms with Crippen molar-refractivity contribution in [3.05, 3.63) is 85.5 Å². The van der Waals surface area contributed by atoms with Gasteiger partial charge in [-0.05, 0) is 35.9 Å². The second-order valence-electron chi connectivity index (χ2n) is 7.15. The minimum atomic E-state index is -0.564. The van der Waals surface area contributed by atoms with Crippen LogP contribution in [0.15, 0.2) is 48.0 Å². The number of nitro groups is 1. The summed E-state index contributed by atoms with van der Waals surface area (Å²) in [6.07, 6.45) is 4.72. The lowest BCUT2D eigenvalue weighted by molar-refractivity contribution is -0.384. The number of ketones is 1. The molecule has 0 aliphatic heterocycles. The number of nitro benzene ring substituents is 1. The van der Waals surface area contributed by atoms with Crippen LogP contribution in [-0.2, 0) is 13.2 Å². The molecule has 0 atom stereocenters. The Bertz CT molecular complexity index is 1420. The molecule has 0 fully saturated rings. The molecule has 2 N–H and O–H groups in total. The zero-order valence-electron chi connectivity index (χ0n) is 17.8. The standard InChI is InChI=1S/C23H18ClN3O6S/c1-33-21-10-14(8-15(11-28)16(21)12-29)20(30)5-4-18-22(25-23-26(18)6-7-34-23)13-2-3-17(24)19(9-13)27(31)32/h2-10,28-29H,11-12H2,1H3. The number of halogens is 1. The molecule has 0 saturated carbocycles. The fourth-order valence-electron chi connectivity index (χ4n) is 3.57. The topological polar surface area (TPSA) is 127 Å². The molecule has 0 aliphatic carbocycles. The predicted octanol–water partition coefficient (Wildman–Crippen LogP) is 4.51. The zero-order chi connectivity index (χ0) is 24.4. The number of ether oxygens (including phenoxy) is 1. The van der Waals surface area contributed by atoms with Crippen molar-refractivity contribution in [2.24, 2.45) is 0 Å². The number of aromatic nitrogens is 2. The highest BCUT2D eigenvalue weighted by molar-refractivity contribution is 7.15. The first-order chi connectivity index (χ1) is 16.4. The number of aliphatic hydroxyl groups excluding tert-OH is 2. The van der Waals surface area contributed by atoms with Gasteiger partial charge >= 0.3 is 0 Å². The molecule has 2 heterocycles. The molecule has 0 saturated heterocycles. The summed E-state index contributed by atoms with van der Waals surface area (Å²) in [5.41, 5.74) is 2.32. The summed E-state index contributed by atoms with van der Waals surface area (Å²) in [5, 5.41) is 32.4. The van der Waals surface area contributed by atoms with Crippen molar-refractivity contribution in [2.75, 3.05) is 7.11 Å². The number of carbonyl (C=O) groups excluding carboxylic acids is 1. The second kappa shape index (κ2) is 9.74. The van der Waals surface area contributed by atoms with Gasteiger partial charge in [-0.2, -0.15) is 0 Å². The smallest absolute Gasteiger partial charge is 0.288 e. The number of hydrogen-bond acceptors (Lipinski definition) is 8. The summed E-state index contributed by atoms with van der Waals surface area (Å²) in [6.45, 7) is -0.708. The third-order valence-electron chi connectivity index (χ3n) is 5.24. The first kappa shape index (κ1) is 23.6. The lowest BCUT2D eigenvalue weighted by atomic mass is 10.0. The van der Waals surface area contributed by atoms with Crippen LogP contribution in [0.5, 0.6) is 5.75 Å². The number of allylic oxidation sites excluding steroid dienone is 1. The zero-order valence-corrected chi connectivity index (χ0v) is 19.3. The molecule has 2 aromatic carbocycles. The van der Waals surface area contributed by atoms with Gasteiger partial charge in [-0.3, -0.25) is 19.3 Å². The van der Waals surface area contributed by atoms with Gasteiger partial charge in [-0.1, -0.05) is 17.7 Å². The maximum absolute atomic E-state index is 13.0. The van der Waals surface area contributed by atoms with E-state index in [2.05, 4.69) is 4.98 Å². The molecule has 4 rings (SSSR count). The average Bonchev–Trinajstić information content (AvgIpc) is 3.43. The number of methoxy groups -OCH3 is 1. The van der Waals surface area contributed by atoms with E-state index in [1.165, 1.54) is 48.8 Å². The van der Waals surface area contributed by atoms with Gasteiger partial charge in [0.1, 0.15) is 10.8 Å². The molecule has 11 heteroatoms. The summed E-state index contributed by atoms with van der Waals surface area (Å²) in [6, 6.07) is 7.41. The molecule has 34 heavy (non-hydrogen) atoms. The molecule has 0 radical (unpaired) electrons. The Kier molecular flexibility index (Phi) is 6.75. The number of thiazole rings is 1. The van der Waals surface area contributed by atoms with Gasteiger partial charge in [0.25, 0.3) is 5.69 Å². The van der Waals surface area contributed by atoms with Gasteiger partial charge in [0, 0.05) is 34.3 Å². The third kappa shape index (κ3) is 4.31. The van der Waals surface area contributed by atoms with E-state index < -0.39 is 4.92 Å². The average molecular weight is 500 g/mol. The number of hydrogen-bond donors (Lipinski definition) is 2. The van der Waals surface area contributed by atoms with Crippen molar-refractivity contribution < 1.29 is 24.7 Å². The fraction of sp³-hybridized carbons (Fsp3) is 0.130. The van der Waals surface area contributed by atoms with Crippen molar-refractivity contribution >= 4 is 45.4 Å². The van der Waals surface area contributed by atoms with Crippen molar-refractivity contribution in [1.29, 1.82) is 0 Å². The number of imidazole rings is 1. The SMILES string of the molecule is COc1cc(C(=O)C=Cc2c(-c3ccc(Cl)c([N+](=O)[O-])c3)nc3sccn23)cc(CO)c1CO. The minimum absolute atomic E-state index is 0.0157. The highest BCUT2D eigenvalue weighted by Crippen LogP contribution is 2.33. The lowest BCUT2D eigenvalue weighted by Gasteiger charge is -2.12. The Morgan fingerprint density at radius 2 is 2.09 bits per heavy atom. The van der Waals surface area contributed by atoms with Gasteiger partial charge in [0.2, 0.25) is 0 Å². The van der Waals surface area contributed by atoms with E-state index in [0.29, 0.717) is 38.8 Å². The van der Waals surface area contributed by atoms with E-state index in [9.17, 15) is 25.1 Å². The summed E-state index contributed by atoms with van der Waals surface area (Å²) < 4.78 is 7.03. The number of rotatable bonds is 8. The van der Waals surface area contributed by atoms with Crippen LogP contribution in [-0.4, -0.2) is 37.4 Å². The number of carbonyl (C=O) groups is 1. The first-order valence-electron chi connectivity index (χ1n) is 9.91. The Balaban J connectivity index is 1.77. The minimum Gasteiger partial charge on any atom is -0.496 e. The summed E-state index contributed by atoms with van der Waals surface area (Å²) >= 11 is 7.33. The summed E-state index contributed by atoms with van der Waals surface area (Å²) in [7, 11) is 1.41. The quantitative estimate of drug-likeness (QED) is 0.158. The van der Waals surface area contributed by atoms with E-state index in [1.807, 2.05) is 5.38 Å².